The van der Waals surface area contributed by atoms with Gasteiger partial charge in [-0.3, -0.25) is 0 Å². The SMILES string of the molecule is C=CCCOc1ccc(-c2ccc(-c3ccc(C4CCC(C5CCC(CCCCC)CC5)CC4)c(F)c3)cc2)c(F)c1F. The highest BCUT2D eigenvalue weighted by Gasteiger charge is 2.32. The van der Waals surface area contributed by atoms with Crippen LogP contribution in [0.1, 0.15) is 102 Å². The molecule has 0 aromatic heterocycles. The lowest BCUT2D eigenvalue weighted by Crippen LogP contribution is -2.25. The summed E-state index contributed by atoms with van der Waals surface area (Å²) < 4.78 is 50.1. The van der Waals surface area contributed by atoms with E-state index in [1.807, 2.05) is 24.3 Å². The molecule has 0 radical (unpaired) electrons. The standard InChI is InChI=1S/C39H47F3O/c1-3-5-7-8-27-9-11-28(12-10-27)29-13-17-31(18-14-29)34-22-21-33(26-36(34)40)30-15-19-32(20-16-30)35-23-24-37(39(42)38(35)41)43-25-6-4-2/h4,15-16,19-24,26-29,31H,2-3,5-14,17-18,25H2,1H3. The molecule has 0 N–H and O–H groups in total. The Balaban J connectivity index is 1.17. The van der Waals surface area contributed by atoms with Gasteiger partial charge in [0.1, 0.15) is 5.82 Å². The molecule has 0 unspecified atom stereocenters. The fourth-order valence-electron chi connectivity index (χ4n) is 7.53. The van der Waals surface area contributed by atoms with E-state index in [0.29, 0.717) is 17.9 Å². The predicted molar refractivity (Wildman–Crippen MR) is 172 cm³/mol. The Morgan fingerprint density at radius 1 is 0.744 bits per heavy atom. The van der Waals surface area contributed by atoms with Crippen LogP contribution in [0.2, 0.25) is 0 Å². The molecule has 3 aromatic carbocycles. The second-order valence-electron chi connectivity index (χ2n) is 12.9. The van der Waals surface area contributed by atoms with E-state index in [-0.39, 0.29) is 23.7 Å². The maximum absolute atomic E-state index is 15.4. The van der Waals surface area contributed by atoms with Gasteiger partial charge in [0.05, 0.1) is 6.61 Å². The minimum Gasteiger partial charge on any atom is -0.490 e. The molecule has 2 fully saturated rings. The molecule has 3 aromatic rings. The number of hydrogen-bond acceptors (Lipinski definition) is 1. The molecule has 0 amide bonds. The normalized spacial score (nSPS) is 22.3. The van der Waals surface area contributed by atoms with Gasteiger partial charge in [-0.15, -0.1) is 6.58 Å². The van der Waals surface area contributed by atoms with E-state index in [1.54, 1.807) is 24.3 Å². The summed E-state index contributed by atoms with van der Waals surface area (Å²) in [6.45, 7) is 6.13. The van der Waals surface area contributed by atoms with Gasteiger partial charge in [-0.05, 0) is 109 Å². The van der Waals surface area contributed by atoms with Crippen LogP contribution in [-0.4, -0.2) is 6.61 Å². The fraction of sp³-hybridized carbons (Fsp3) is 0.487. The average Bonchev–Trinajstić information content (AvgIpc) is 3.04. The van der Waals surface area contributed by atoms with Gasteiger partial charge in [-0.25, -0.2) is 8.78 Å². The summed E-state index contributed by atoms with van der Waals surface area (Å²) in [7, 11) is 0. The van der Waals surface area contributed by atoms with Crippen LogP contribution in [0.25, 0.3) is 22.3 Å². The molecular weight excluding hydrogens is 541 g/mol. The van der Waals surface area contributed by atoms with Crippen LogP contribution in [0.4, 0.5) is 13.2 Å². The van der Waals surface area contributed by atoms with Crippen molar-refractivity contribution in [2.24, 2.45) is 17.8 Å². The van der Waals surface area contributed by atoms with Crippen molar-refractivity contribution < 1.29 is 17.9 Å². The van der Waals surface area contributed by atoms with E-state index in [0.717, 1.165) is 47.3 Å². The summed E-state index contributed by atoms with van der Waals surface area (Å²) in [5.41, 5.74) is 3.18. The maximum atomic E-state index is 15.4. The monoisotopic (exact) mass is 588 g/mol. The van der Waals surface area contributed by atoms with Gasteiger partial charge in [0, 0.05) is 5.56 Å². The van der Waals surface area contributed by atoms with Gasteiger partial charge in [0.15, 0.2) is 11.6 Å². The number of rotatable bonds is 12. The van der Waals surface area contributed by atoms with Crippen LogP contribution in [0.3, 0.4) is 0 Å². The summed E-state index contributed by atoms with van der Waals surface area (Å²) in [5, 5.41) is 0. The number of halogens is 3. The van der Waals surface area contributed by atoms with Crippen LogP contribution in [0.5, 0.6) is 5.75 Å². The lowest BCUT2D eigenvalue weighted by atomic mass is 9.68. The number of hydrogen-bond donors (Lipinski definition) is 0. The molecule has 0 bridgehead atoms. The van der Waals surface area contributed by atoms with Crippen molar-refractivity contribution in [3.63, 3.8) is 0 Å². The molecule has 2 aliphatic carbocycles. The molecule has 0 heterocycles. The van der Waals surface area contributed by atoms with Gasteiger partial charge in [0.25, 0.3) is 0 Å². The average molecular weight is 589 g/mol. The highest BCUT2D eigenvalue weighted by Crippen LogP contribution is 2.45. The minimum absolute atomic E-state index is 0.107. The van der Waals surface area contributed by atoms with E-state index < -0.39 is 11.6 Å². The predicted octanol–water partition coefficient (Wildman–Crippen LogP) is 12.1. The first-order valence-corrected chi connectivity index (χ1v) is 16.6. The topological polar surface area (TPSA) is 9.23 Å². The van der Waals surface area contributed by atoms with Gasteiger partial charge >= 0.3 is 0 Å². The Bertz CT molecular complexity index is 1330. The van der Waals surface area contributed by atoms with Crippen molar-refractivity contribution in [3.05, 3.63) is 90.3 Å². The minimum atomic E-state index is -0.998. The molecule has 43 heavy (non-hydrogen) atoms. The van der Waals surface area contributed by atoms with Crippen LogP contribution >= 0.6 is 0 Å². The van der Waals surface area contributed by atoms with Crippen molar-refractivity contribution in [3.8, 4) is 28.0 Å². The number of ether oxygens (including phenoxy) is 1. The zero-order valence-electron chi connectivity index (χ0n) is 25.7. The second-order valence-corrected chi connectivity index (χ2v) is 12.9. The van der Waals surface area contributed by atoms with Gasteiger partial charge in [0.2, 0.25) is 5.82 Å². The third kappa shape index (κ3) is 7.75. The Morgan fingerprint density at radius 3 is 2.05 bits per heavy atom. The quantitative estimate of drug-likeness (QED) is 0.151. The van der Waals surface area contributed by atoms with Crippen LogP contribution < -0.4 is 4.74 Å². The Labute approximate surface area is 256 Å². The highest BCUT2D eigenvalue weighted by molar-refractivity contribution is 5.71. The van der Waals surface area contributed by atoms with E-state index >= 15 is 4.39 Å². The van der Waals surface area contributed by atoms with Crippen molar-refractivity contribution in [1.82, 2.24) is 0 Å². The zero-order valence-corrected chi connectivity index (χ0v) is 25.7. The summed E-state index contributed by atoms with van der Waals surface area (Å²) in [6.07, 6.45) is 17.9. The molecular formula is C39H47F3O. The van der Waals surface area contributed by atoms with Crippen LogP contribution in [0.15, 0.2) is 67.3 Å². The molecule has 230 valence electrons. The summed E-state index contributed by atoms with van der Waals surface area (Å²) in [6, 6.07) is 15.7. The van der Waals surface area contributed by atoms with Crippen molar-refractivity contribution in [2.45, 2.75) is 96.3 Å². The van der Waals surface area contributed by atoms with Crippen LogP contribution in [-0.2, 0) is 0 Å². The first-order chi connectivity index (χ1) is 21.0. The third-order valence-electron chi connectivity index (χ3n) is 10.1. The molecule has 0 saturated heterocycles. The van der Waals surface area contributed by atoms with Crippen molar-refractivity contribution >= 4 is 0 Å². The molecule has 0 spiro atoms. The molecule has 0 atom stereocenters. The molecule has 4 heteroatoms. The fourth-order valence-corrected chi connectivity index (χ4v) is 7.53. The van der Waals surface area contributed by atoms with Crippen molar-refractivity contribution in [1.29, 1.82) is 0 Å². The lowest BCUT2D eigenvalue weighted by molar-refractivity contribution is 0.155. The molecule has 0 aliphatic heterocycles. The smallest absolute Gasteiger partial charge is 0.201 e. The molecule has 5 rings (SSSR count). The summed E-state index contributed by atoms with van der Waals surface area (Å²) in [5.74, 6) is 0.740. The number of unbranched alkanes of at least 4 members (excludes halogenated alkanes) is 2. The number of benzene rings is 3. The summed E-state index contributed by atoms with van der Waals surface area (Å²) >= 11 is 0. The highest BCUT2D eigenvalue weighted by atomic mass is 19.2. The van der Waals surface area contributed by atoms with E-state index in [4.69, 9.17) is 4.74 Å². The van der Waals surface area contributed by atoms with Crippen LogP contribution in [0, 0.1) is 35.2 Å². The molecule has 2 aliphatic rings. The van der Waals surface area contributed by atoms with E-state index in [2.05, 4.69) is 13.5 Å². The third-order valence-corrected chi connectivity index (χ3v) is 10.1. The zero-order chi connectivity index (χ0) is 30.2. The Morgan fingerprint density at radius 2 is 1.40 bits per heavy atom. The molecule has 2 saturated carbocycles. The second kappa shape index (κ2) is 15.1. The first kappa shape index (κ1) is 31.4. The molecule has 1 nitrogen and oxygen atoms in total. The van der Waals surface area contributed by atoms with Crippen molar-refractivity contribution in [2.75, 3.05) is 6.61 Å². The van der Waals surface area contributed by atoms with Gasteiger partial charge < -0.3 is 4.74 Å². The lowest BCUT2D eigenvalue weighted by Gasteiger charge is -2.38. The Kier molecular flexibility index (Phi) is 11.1. The van der Waals surface area contributed by atoms with Gasteiger partial charge in [-0.2, -0.15) is 4.39 Å². The van der Waals surface area contributed by atoms with E-state index in [9.17, 15) is 8.78 Å². The Hall–Kier alpha value is -3.01. The summed E-state index contributed by atoms with van der Waals surface area (Å²) in [4.78, 5) is 0. The first-order valence-electron chi connectivity index (χ1n) is 16.6. The largest absolute Gasteiger partial charge is 0.490 e. The van der Waals surface area contributed by atoms with Gasteiger partial charge in [-0.1, -0.05) is 87.9 Å². The van der Waals surface area contributed by atoms with E-state index in [1.165, 1.54) is 76.3 Å². The maximum Gasteiger partial charge on any atom is 0.201 e.